The molecule has 1 amide bonds. The molecule has 0 radical (unpaired) electrons. The highest BCUT2D eigenvalue weighted by Crippen LogP contribution is 2.33. The molecule has 0 bridgehead atoms. The zero-order valence-electron chi connectivity index (χ0n) is 23.4. The number of hydrogen-bond acceptors (Lipinski definition) is 8. The van der Waals surface area contributed by atoms with Gasteiger partial charge < -0.3 is 14.5 Å². The van der Waals surface area contributed by atoms with E-state index in [1.54, 1.807) is 17.2 Å². The van der Waals surface area contributed by atoms with Gasteiger partial charge in [0.2, 0.25) is 0 Å². The third kappa shape index (κ3) is 5.75. The molecule has 1 fully saturated rings. The van der Waals surface area contributed by atoms with Crippen molar-refractivity contribution >= 4 is 46.1 Å². The van der Waals surface area contributed by atoms with Gasteiger partial charge in [-0.3, -0.25) is 4.98 Å². The van der Waals surface area contributed by atoms with Crippen molar-refractivity contribution in [1.82, 2.24) is 24.4 Å². The normalized spacial score (nSPS) is 15.2. The van der Waals surface area contributed by atoms with E-state index in [0.717, 1.165) is 16.8 Å². The van der Waals surface area contributed by atoms with E-state index >= 15 is 0 Å². The summed E-state index contributed by atoms with van der Waals surface area (Å²) in [4.78, 5) is 43.8. The minimum absolute atomic E-state index is 0.0192. The average Bonchev–Trinajstić information content (AvgIpc) is 2.97. The van der Waals surface area contributed by atoms with Crippen molar-refractivity contribution in [2.45, 2.75) is 45.8 Å². The van der Waals surface area contributed by atoms with Crippen LogP contribution in [0, 0.1) is 18.3 Å². The molecule has 216 valence electrons. The first kappa shape index (κ1) is 29.3. The van der Waals surface area contributed by atoms with Crippen LogP contribution in [0.3, 0.4) is 0 Å². The number of piperazine rings is 1. The van der Waals surface area contributed by atoms with E-state index in [1.807, 2.05) is 62.1 Å². The van der Waals surface area contributed by atoms with Crippen molar-refractivity contribution in [3.8, 4) is 11.8 Å². The van der Waals surface area contributed by atoms with Gasteiger partial charge >= 0.3 is 11.8 Å². The van der Waals surface area contributed by atoms with Crippen LogP contribution in [0.5, 0.6) is 0 Å². The largest absolute Gasteiger partial charge is 0.445 e. The van der Waals surface area contributed by atoms with Gasteiger partial charge in [0, 0.05) is 25.8 Å². The van der Waals surface area contributed by atoms with E-state index in [9.17, 15) is 14.9 Å². The predicted octanol–water partition coefficient (Wildman–Crippen LogP) is 5.66. The van der Waals surface area contributed by atoms with Gasteiger partial charge in [0.25, 0.3) is 0 Å². The van der Waals surface area contributed by atoms with Crippen LogP contribution in [0.15, 0.2) is 53.5 Å². The Morgan fingerprint density at radius 2 is 1.93 bits per heavy atom. The maximum atomic E-state index is 13.8. The molecule has 4 aromatic rings. The molecule has 0 saturated carbocycles. The van der Waals surface area contributed by atoms with Crippen LogP contribution in [0.2, 0.25) is 10.2 Å². The first-order valence-corrected chi connectivity index (χ1v) is 14.3. The number of aryl methyl sites for hydroxylation is 1. The number of rotatable bonds is 6. The number of amides is 1. The van der Waals surface area contributed by atoms with Gasteiger partial charge in [-0.05, 0) is 36.1 Å². The Morgan fingerprint density at radius 3 is 2.64 bits per heavy atom. The minimum atomic E-state index is -0.553. The molecule has 3 aromatic heterocycles. The van der Waals surface area contributed by atoms with Crippen LogP contribution in [0.25, 0.3) is 16.7 Å². The molecule has 12 heteroatoms. The SMILES string of the molecule is Cc1ccnc(C(C)C)c1-n1c(=O)nc(N2CCN(C(=O)OCc3ccccc3)[C@@H](CC#N)C2)c2cc(Cl)c(Cl)nc21. The fraction of sp³-hybridized carbons (Fsp3) is 0.333. The monoisotopic (exact) mass is 605 g/mol. The standard InChI is InChI=1S/C30H29Cl2N7O3/c1-18(2)24-25(19(3)10-12-34-24)39-28-22(15-23(31)26(32)35-28)27(36-29(39)40)37-13-14-38(21(16-37)9-11-33)30(41)42-17-20-7-5-4-6-8-20/h4-8,10,12,15,18,21H,9,13-14,16-17H2,1-3H3/t21-/m0/s1. The summed E-state index contributed by atoms with van der Waals surface area (Å²) in [5.74, 6) is 0.371. The molecule has 0 N–H and O–H groups in total. The molecule has 0 aliphatic carbocycles. The topological polar surface area (TPSA) is 117 Å². The predicted molar refractivity (Wildman–Crippen MR) is 161 cm³/mol. The lowest BCUT2D eigenvalue weighted by atomic mass is 10.0. The fourth-order valence-electron chi connectivity index (χ4n) is 5.18. The second-order valence-electron chi connectivity index (χ2n) is 10.4. The third-order valence-electron chi connectivity index (χ3n) is 7.23. The summed E-state index contributed by atoms with van der Waals surface area (Å²) in [5.41, 5.74) is 2.75. The summed E-state index contributed by atoms with van der Waals surface area (Å²) in [5, 5.41) is 10.3. The van der Waals surface area contributed by atoms with Crippen molar-refractivity contribution < 1.29 is 9.53 Å². The van der Waals surface area contributed by atoms with Crippen LogP contribution in [-0.2, 0) is 11.3 Å². The lowest BCUT2D eigenvalue weighted by Crippen LogP contribution is -2.55. The van der Waals surface area contributed by atoms with E-state index in [2.05, 4.69) is 21.0 Å². The molecule has 10 nitrogen and oxygen atoms in total. The maximum absolute atomic E-state index is 13.8. The van der Waals surface area contributed by atoms with Gasteiger partial charge in [0.05, 0.1) is 40.3 Å². The molecule has 1 aliphatic rings. The van der Waals surface area contributed by atoms with Crippen LogP contribution in [0.1, 0.15) is 43.0 Å². The summed E-state index contributed by atoms with van der Waals surface area (Å²) in [7, 11) is 0. The fourth-order valence-corrected chi connectivity index (χ4v) is 5.47. The molecule has 5 rings (SSSR count). The summed E-state index contributed by atoms with van der Waals surface area (Å²) < 4.78 is 6.98. The Labute approximate surface area is 253 Å². The Morgan fingerprint density at radius 1 is 1.17 bits per heavy atom. The number of ether oxygens (including phenoxy) is 1. The van der Waals surface area contributed by atoms with Crippen molar-refractivity contribution in [3.63, 3.8) is 0 Å². The first-order valence-electron chi connectivity index (χ1n) is 13.5. The van der Waals surface area contributed by atoms with Crippen molar-refractivity contribution in [1.29, 1.82) is 5.26 Å². The van der Waals surface area contributed by atoms with E-state index in [0.29, 0.717) is 29.1 Å². The summed E-state index contributed by atoms with van der Waals surface area (Å²) in [6.45, 7) is 6.88. The zero-order valence-corrected chi connectivity index (χ0v) is 24.9. The number of aromatic nitrogens is 4. The highest BCUT2D eigenvalue weighted by molar-refractivity contribution is 6.41. The number of nitrogens with zero attached hydrogens (tertiary/aromatic N) is 7. The summed E-state index contributed by atoms with van der Waals surface area (Å²) in [6, 6.07) is 14.5. The Bertz CT molecular complexity index is 1740. The molecular weight excluding hydrogens is 577 g/mol. The molecule has 4 heterocycles. The summed E-state index contributed by atoms with van der Waals surface area (Å²) in [6.07, 6.45) is 1.28. The molecule has 1 atom stereocenters. The number of carbonyl (C=O) groups excluding carboxylic acids is 1. The van der Waals surface area contributed by atoms with Crippen molar-refractivity contribution in [3.05, 3.63) is 86.1 Å². The third-order valence-corrected chi connectivity index (χ3v) is 7.91. The number of hydrogen-bond donors (Lipinski definition) is 0. The number of pyridine rings is 2. The van der Waals surface area contributed by atoms with Gasteiger partial charge in [-0.15, -0.1) is 0 Å². The van der Waals surface area contributed by atoms with E-state index in [-0.39, 0.29) is 42.2 Å². The minimum Gasteiger partial charge on any atom is -0.445 e. The maximum Gasteiger partial charge on any atom is 0.410 e. The zero-order chi connectivity index (χ0) is 30.0. The molecule has 42 heavy (non-hydrogen) atoms. The number of nitriles is 1. The first-order chi connectivity index (χ1) is 20.2. The van der Waals surface area contributed by atoms with Crippen LogP contribution >= 0.6 is 23.2 Å². The van der Waals surface area contributed by atoms with Gasteiger partial charge in [-0.2, -0.15) is 10.2 Å². The van der Waals surface area contributed by atoms with Crippen LogP contribution in [0.4, 0.5) is 10.6 Å². The quantitative estimate of drug-likeness (QED) is 0.258. The smallest absolute Gasteiger partial charge is 0.410 e. The number of anilines is 1. The van der Waals surface area contributed by atoms with Crippen LogP contribution < -0.4 is 10.6 Å². The average molecular weight is 607 g/mol. The number of carbonyl (C=O) groups is 1. The molecular formula is C30H29Cl2N7O3. The second-order valence-corrected chi connectivity index (χ2v) is 11.2. The lowest BCUT2D eigenvalue weighted by molar-refractivity contribution is 0.0768. The van der Waals surface area contributed by atoms with Gasteiger partial charge in [-0.25, -0.2) is 19.1 Å². The van der Waals surface area contributed by atoms with Gasteiger partial charge in [0.1, 0.15) is 17.6 Å². The van der Waals surface area contributed by atoms with Crippen LogP contribution in [-0.4, -0.2) is 56.2 Å². The lowest BCUT2D eigenvalue weighted by Gasteiger charge is -2.40. The van der Waals surface area contributed by atoms with E-state index in [4.69, 9.17) is 27.9 Å². The Kier molecular flexibility index (Phi) is 8.61. The molecule has 1 aliphatic heterocycles. The second kappa shape index (κ2) is 12.3. The number of benzene rings is 1. The van der Waals surface area contributed by atoms with Gasteiger partial charge in [-0.1, -0.05) is 67.4 Å². The number of halogens is 2. The molecule has 0 unspecified atom stereocenters. The van der Waals surface area contributed by atoms with E-state index < -0.39 is 17.8 Å². The van der Waals surface area contributed by atoms with Gasteiger partial charge in [0.15, 0.2) is 5.65 Å². The molecule has 0 spiro atoms. The Balaban J connectivity index is 1.53. The number of fused-ring (bicyclic) bond motifs is 1. The Hall–Kier alpha value is -4.20. The van der Waals surface area contributed by atoms with Crippen molar-refractivity contribution in [2.24, 2.45) is 0 Å². The molecule has 1 saturated heterocycles. The highest BCUT2D eigenvalue weighted by Gasteiger charge is 2.33. The van der Waals surface area contributed by atoms with Crippen molar-refractivity contribution in [2.75, 3.05) is 24.5 Å². The molecule has 1 aromatic carbocycles. The summed E-state index contributed by atoms with van der Waals surface area (Å²) >= 11 is 12.8. The highest BCUT2D eigenvalue weighted by atomic mass is 35.5. The van der Waals surface area contributed by atoms with E-state index in [1.165, 1.54) is 4.57 Å².